The second-order valence-corrected chi connectivity index (χ2v) is 11.1. The van der Waals surface area contributed by atoms with Gasteiger partial charge in [-0.1, -0.05) is 15.4 Å². The predicted molar refractivity (Wildman–Crippen MR) is 101 cm³/mol. The molecule has 0 spiro atoms. The zero-order valence-electron chi connectivity index (χ0n) is 13.9. The van der Waals surface area contributed by atoms with Gasteiger partial charge in [-0.3, -0.25) is 13.8 Å². The molecule has 148 valence electrons. The third-order valence-corrected chi connectivity index (χ3v) is 9.42. The minimum absolute atomic E-state index is 0.0106. The van der Waals surface area contributed by atoms with Gasteiger partial charge in [0.2, 0.25) is 5.91 Å². The van der Waals surface area contributed by atoms with Crippen LogP contribution in [-0.4, -0.2) is 22.4 Å². The summed E-state index contributed by atoms with van der Waals surface area (Å²) in [4.78, 5) is 23.4. The summed E-state index contributed by atoms with van der Waals surface area (Å²) in [5.41, 5.74) is 5.31. The van der Waals surface area contributed by atoms with Gasteiger partial charge < -0.3 is 15.8 Å². The molecule has 1 heterocycles. The van der Waals surface area contributed by atoms with E-state index < -0.39 is 27.6 Å². The summed E-state index contributed by atoms with van der Waals surface area (Å²) in [7, 11) is -1.16. The molecule has 2 amide bonds. The van der Waals surface area contributed by atoms with E-state index in [2.05, 4.69) is 18.5 Å². The highest BCUT2D eigenvalue weighted by molar-refractivity contribution is 8.46. The van der Waals surface area contributed by atoms with E-state index in [1.807, 2.05) is 0 Å². The second-order valence-electron chi connectivity index (χ2n) is 5.29. The van der Waals surface area contributed by atoms with Gasteiger partial charge in [0.05, 0.1) is 9.77 Å². The summed E-state index contributed by atoms with van der Waals surface area (Å²) in [6.07, 6.45) is -4.66. The number of anilines is 1. The Morgan fingerprint density at radius 3 is 2.37 bits per heavy atom. The van der Waals surface area contributed by atoms with Crippen LogP contribution in [0.15, 0.2) is 39.4 Å². The van der Waals surface area contributed by atoms with Gasteiger partial charge in [0.15, 0.2) is 0 Å². The van der Waals surface area contributed by atoms with Gasteiger partial charge in [0.1, 0.15) is 10.8 Å². The van der Waals surface area contributed by atoms with Crippen LogP contribution in [0.3, 0.4) is 0 Å². The number of thiophene rings is 1. The number of carbonyl (C=O) groups excluding carboxylic acids is 2. The third kappa shape index (κ3) is 5.27. The Morgan fingerprint density at radius 1 is 1.30 bits per heavy atom. The molecule has 0 radical (unpaired) electrons. The molecule has 1 aromatic carbocycles. The van der Waals surface area contributed by atoms with Crippen LogP contribution in [0.25, 0.3) is 0 Å². The van der Waals surface area contributed by atoms with Crippen molar-refractivity contribution in [3.63, 3.8) is 0 Å². The van der Waals surface area contributed by atoms with E-state index in [-0.39, 0.29) is 32.0 Å². The van der Waals surface area contributed by atoms with Crippen molar-refractivity contribution < 1.29 is 31.7 Å². The molecule has 0 aliphatic carbocycles. The molecule has 2 rings (SSSR count). The van der Waals surface area contributed by atoms with Crippen molar-refractivity contribution in [2.24, 2.45) is 5.73 Å². The molecule has 0 saturated heterocycles. The summed E-state index contributed by atoms with van der Waals surface area (Å²) in [5.74, 6) is -1.60. The Bertz CT molecular complexity index is 913. The molecule has 3 N–H and O–H groups in total. The SMILES string of the molecule is CCC(=O)Nc1sc([SH](=O)(P)c2ccc(OC(F)(F)F)cc2)cc1C(N)=O. The lowest BCUT2D eigenvalue weighted by atomic mass is 10.3. The van der Waals surface area contributed by atoms with Gasteiger partial charge in [-0.05, 0) is 39.9 Å². The average molecular weight is 440 g/mol. The van der Waals surface area contributed by atoms with E-state index in [0.29, 0.717) is 0 Å². The highest BCUT2D eigenvalue weighted by Gasteiger charge is 2.31. The molecule has 2 aromatic rings. The molecule has 12 heteroatoms. The van der Waals surface area contributed by atoms with Crippen LogP contribution in [0, 0.1) is 0 Å². The van der Waals surface area contributed by atoms with E-state index in [4.69, 9.17) is 5.73 Å². The van der Waals surface area contributed by atoms with E-state index >= 15 is 0 Å². The fraction of sp³-hybridized carbons (Fsp3) is 0.200. The average Bonchev–Trinajstić information content (AvgIpc) is 2.98. The molecule has 1 aromatic heterocycles. The molecular weight excluding hydrogens is 424 g/mol. The molecular formula is C15H16F3N2O4PS2. The van der Waals surface area contributed by atoms with Crippen molar-refractivity contribution >= 4 is 46.1 Å². The number of hydrogen-bond donors (Lipinski definition) is 3. The highest BCUT2D eigenvalue weighted by Crippen LogP contribution is 2.43. The summed E-state index contributed by atoms with van der Waals surface area (Å²) in [6, 6.07) is 5.88. The topological polar surface area (TPSA) is 98.5 Å². The maximum Gasteiger partial charge on any atom is 0.573 e. The first-order valence-electron chi connectivity index (χ1n) is 7.43. The lowest BCUT2D eigenvalue weighted by molar-refractivity contribution is -0.274. The van der Waals surface area contributed by atoms with Crippen molar-refractivity contribution in [1.29, 1.82) is 0 Å². The van der Waals surface area contributed by atoms with Crippen LogP contribution in [0.5, 0.6) is 5.75 Å². The number of nitrogens with two attached hydrogens (primary N) is 1. The smallest absolute Gasteiger partial charge is 0.406 e. The molecule has 1 atom stereocenters. The van der Waals surface area contributed by atoms with Gasteiger partial charge in [-0.25, -0.2) is 0 Å². The quantitative estimate of drug-likeness (QED) is 0.474. The number of halogens is 3. The fourth-order valence-corrected chi connectivity index (χ4v) is 6.36. The van der Waals surface area contributed by atoms with E-state index in [9.17, 15) is 27.0 Å². The van der Waals surface area contributed by atoms with Crippen molar-refractivity contribution in [3.05, 3.63) is 35.9 Å². The Balaban J connectivity index is 2.38. The first kappa shape index (κ1) is 21.3. The van der Waals surface area contributed by atoms with Gasteiger partial charge in [0, 0.05) is 11.3 Å². The molecule has 0 aliphatic heterocycles. The van der Waals surface area contributed by atoms with Gasteiger partial charge in [-0.2, -0.15) is 0 Å². The zero-order valence-corrected chi connectivity index (χ0v) is 16.7. The Morgan fingerprint density at radius 2 is 1.89 bits per heavy atom. The van der Waals surface area contributed by atoms with Crippen molar-refractivity contribution in [2.45, 2.75) is 28.8 Å². The standard InChI is InChI=1S/C15H16F3N2O4PS2/c1-2-11(21)20-14-10(13(19)22)7-12(26-14)27(23,25)9-5-3-8(4-6-9)24-15(16,17)18/h3-7,27H,2,25H2,1H3,(H2,19,22)(H,20,21). The maximum atomic E-state index is 13.2. The molecule has 1 unspecified atom stereocenters. The number of nitrogens with one attached hydrogen (secondary N) is 1. The molecule has 27 heavy (non-hydrogen) atoms. The molecule has 0 fully saturated rings. The fourth-order valence-electron chi connectivity index (χ4n) is 2.03. The van der Waals surface area contributed by atoms with Crippen molar-refractivity contribution in [3.8, 4) is 5.75 Å². The number of alkyl halides is 3. The second kappa shape index (κ2) is 7.95. The van der Waals surface area contributed by atoms with Crippen LogP contribution in [-0.2, 0) is 14.3 Å². The van der Waals surface area contributed by atoms with E-state index in [0.717, 1.165) is 23.5 Å². The lowest BCUT2D eigenvalue weighted by Gasteiger charge is -2.18. The number of carbonyl (C=O) groups is 2. The zero-order chi connectivity index (χ0) is 20.4. The van der Waals surface area contributed by atoms with Crippen LogP contribution in [0.2, 0.25) is 0 Å². The van der Waals surface area contributed by atoms with Crippen LogP contribution in [0.4, 0.5) is 18.2 Å². The number of thiol groups is 1. The molecule has 0 aliphatic rings. The van der Waals surface area contributed by atoms with E-state index in [1.165, 1.54) is 18.2 Å². The summed E-state index contributed by atoms with van der Waals surface area (Å²) in [6.45, 7) is 1.62. The van der Waals surface area contributed by atoms with Crippen molar-refractivity contribution in [2.75, 3.05) is 5.32 Å². The number of benzene rings is 1. The minimum Gasteiger partial charge on any atom is -0.406 e. The highest BCUT2D eigenvalue weighted by atomic mass is 32.8. The predicted octanol–water partition coefficient (Wildman–Crippen LogP) is 3.32. The normalized spacial score (nSPS) is 12.5. The van der Waals surface area contributed by atoms with E-state index in [1.54, 1.807) is 6.92 Å². The Labute approximate surface area is 159 Å². The van der Waals surface area contributed by atoms with Crippen LogP contribution >= 0.6 is 19.8 Å². The molecule has 0 saturated carbocycles. The number of rotatable bonds is 6. The number of hydrogen-bond acceptors (Lipinski definition) is 5. The third-order valence-electron chi connectivity index (χ3n) is 3.34. The van der Waals surface area contributed by atoms with Gasteiger partial charge >= 0.3 is 6.36 Å². The summed E-state index contributed by atoms with van der Waals surface area (Å²) in [5, 5.41) is 2.69. The lowest BCUT2D eigenvalue weighted by Crippen LogP contribution is -2.17. The Kier molecular flexibility index (Phi) is 6.28. The van der Waals surface area contributed by atoms with Gasteiger partial charge in [0.25, 0.3) is 5.91 Å². The number of amides is 2. The summed E-state index contributed by atoms with van der Waals surface area (Å²) < 4.78 is 54.0. The van der Waals surface area contributed by atoms with Crippen LogP contribution in [0.1, 0.15) is 23.7 Å². The summed E-state index contributed by atoms with van der Waals surface area (Å²) >= 11 is 0.920. The van der Waals surface area contributed by atoms with Crippen LogP contribution < -0.4 is 15.8 Å². The Hall–Kier alpha value is -1.97. The minimum atomic E-state index is -4.83. The first-order valence-corrected chi connectivity index (χ1v) is 11.6. The first-order chi connectivity index (χ1) is 12.4. The molecule has 0 bridgehead atoms. The molecule has 6 nitrogen and oxygen atoms in total. The number of primary amides is 1. The number of ether oxygens (including phenoxy) is 1. The monoisotopic (exact) mass is 440 g/mol. The van der Waals surface area contributed by atoms with Gasteiger partial charge in [-0.15, -0.1) is 24.5 Å². The van der Waals surface area contributed by atoms with Crippen molar-refractivity contribution in [1.82, 2.24) is 0 Å². The largest absolute Gasteiger partial charge is 0.573 e. The maximum absolute atomic E-state index is 13.2.